The number of likely N-dealkylation sites (N-methyl/N-ethyl adjacent to an activating group) is 1. The molecule has 0 radical (unpaired) electrons. The zero-order chi connectivity index (χ0) is 10.7. The van der Waals surface area contributed by atoms with E-state index in [0.29, 0.717) is 18.4 Å². The molecule has 0 amide bonds. The van der Waals surface area contributed by atoms with Crippen molar-refractivity contribution < 1.29 is 9.13 Å². The summed E-state index contributed by atoms with van der Waals surface area (Å²) < 4.78 is 18.4. The third-order valence-electron chi connectivity index (χ3n) is 2.79. The van der Waals surface area contributed by atoms with Gasteiger partial charge in [-0.1, -0.05) is 6.07 Å². The van der Waals surface area contributed by atoms with Gasteiger partial charge in [0.15, 0.2) is 0 Å². The number of ether oxygens (including phenoxy) is 1. The lowest BCUT2D eigenvalue weighted by Gasteiger charge is -2.16. The minimum Gasteiger partial charge on any atom is -0.492 e. The Morgan fingerprint density at radius 2 is 2.33 bits per heavy atom. The second kappa shape index (κ2) is 4.62. The second-order valence-corrected chi connectivity index (χ2v) is 4.00. The van der Waals surface area contributed by atoms with E-state index < -0.39 is 0 Å². The van der Waals surface area contributed by atoms with Crippen molar-refractivity contribution in [2.75, 3.05) is 13.7 Å². The van der Waals surface area contributed by atoms with Gasteiger partial charge in [0.05, 0.1) is 0 Å². The number of hydrogen-bond acceptors (Lipinski definition) is 2. The predicted molar refractivity (Wildman–Crippen MR) is 57.5 cm³/mol. The first kappa shape index (κ1) is 10.4. The Kier molecular flexibility index (Phi) is 3.21. The summed E-state index contributed by atoms with van der Waals surface area (Å²) in [5.74, 6) is 1.10. The molecule has 3 heteroatoms. The van der Waals surface area contributed by atoms with E-state index in [1.165, 1.54) is 25.0 Å². The van der Waals surface area contributed by atoms with Crippen LogP contribution in [0.5, 0.6) is 5.75 Å². The maximum Gasteiger partial charge on any atom is 0.126 e. The molecule has 1 saturated carbocycles. The average Bonchev–Trinajstić information content (AvgIpc) is 3.03. The Labute approximate surface area is 89.4 Å². The van der Waals surface area contributed by atoms with Gasteiger partial charge in [-0.15, -0.1) is 0 Å². The van der Waals surface area contributed by atoms with Crippen molar-refractivity contribution in [2.24, 2.45) is 5.92 Å². The van der Waals surface area contributed by atoms with Crippen molar-refractivity contribution in [2.45, 2.75) is 18.9 Å². The molecular weight excluding hydrogens is 193 g/mol. The summed E-state index contributed by atoms with van der Waals surface area (Å²) in [4.78, 5) is 0. The number of halogens is 1. The summed E-state index contributed by atoms with van der Waals surface area (Å²) in [6.07, 6.45) is 2.55. The number of rotatable bonds is 5. The van der Waals surface area contributed by atoms with Crippen molar-refractivity contribution in [1.82, 2.24) is 5.32 Å². The molecule has 1 aliphatic rings. The van der Waals surface area contributed by atoms with E-state index in [1.54, 1.807) is 12.1 Å². The van der Waals surface area contributed by atoms with Crippen LogP contribution in [-0.2, 0) is 0 Å². The lowest BCUT2D eigenvalue weighted by molar-refractivity contribution is 0.255. The molecule has 1 N–H and O–H groups in total. The average molecular weight is 209 g/mol. The van der Waals surface area contributed by atoms with Gasteiger partial charge in [-0.05, 0) is 37.9 Å². The van der Waals surface area contributed by atoms with Crippen LogP contribution in [0.2, 0.25) is 0 Å². The summed E-state index contributed by atoms with van der Waals surface area (Å²) >= 11 is 0. The highest BCUT2D eigenvalue weighted by Gasteiger charge is 2.30. The number of hydrogen-bond donors (Lipinski definition) is 1. The van der Waals surface area contributed by atoms with Crippen LogP contribution in [0.3, 0.4) is 0 Å². The van der Waals surface area contributed by atoms with E-state index in [-0.39, 0.29) is 5.82 Å². The fraction of sp³-hybridized carbons (Fsp3) is 0.500. The molecule has 0 unspecified atom stereocenters. The third kappa shape index (κ3) is 2.93. The monoisotopic (exact) mass is 209 g/mol. The van der Waals surface area contributed by atoms with Gasteiger partial charge in [-0.2, -0.15) is 0 Å². The fourth-order valence-electron chi connectivity index (χ4n) is 1.70. The Morgan fingerprint density at radius 3 is 2.93 bits per heavy atom. The zero-order valence-electron chi connectivity index (χ0n) is 8.87. The van der Waals surface area contributed by atoms with Crippen LogP contribution in [-0.4, -0.2) is 19.7 Å². The van der Waals surface area contributed by atoms with Crippen molar-refractivity contribution in [3.8, 4) is 5.75 Å². The summed E-state index contributed by atoms with van der Waals surface area (Å²) in [6.45, 7) is 0.616. The van der Waals surface area contributed by atoms with Crippen LogP contribution in [0.1, 0.15) is 12.8 Å². The predicted octanol–water partition coefficient (Wildman–Crippen LogP) is 2.20. The standard InChI is InChI=1S/C12H16FNO/c1-14-12(9-5-6-9)8-15-11-4-2-3-10(13)7-11/h2-4,7,9,12,14H,5-6,8H2,1H3/t12-/m1/s1. The molecular formula is C12H16FNO. The quantitative estimate of drug-likeness (QED) is 0.802. The molecule has 0 saturated heterocycles. The highest BCUT2D eigenvalue weighted by Crippen LogP contribution is 2.32. The first-order chi connectivity index (χ1) is 7.29. The molecule has 15 heavy (non-hydrogen) atoms. The van der Waals surface area contributed by atoms with E-state index in [4.69, 9.17) is 4.74 Å². The normalized spacial score (nSPS) is 17.5. The molecule has 82 valence electrons. The van der Waals surface area contributed by atoms with Crippen LogP contribution in [0.25, 0.3) is 0 Å². The van der Waals surface area contributed by atoms with E-state index in [1.807, 2.05) is 7.05 Å². The van der Waals surface area contributed by atoms with Crippen LogP contribution >= 0.6 is 0 Å². The minimum atomic E-state index is -0.250. The highest BCUT2D eigenvalue weighted by atomic mass is 19.1. The molecule has 2 nitrogen and oxygen atoms in total. The molecule has 1 atom stereocenters. The van der Waals surface area contributed by atoms with Gasteiger partial charge in [-0.25, -0.2) is 4.39 Å². The third-order valence-corrected chi connectivity index (χ3v) is 2.79. The molecule has 1 aromatic rings. The van der Waals surface area contributed by atoms with Crippen molar-refractivity contribution in [3.63, 3.8) is 0 Å². The first-order valence-electron chi connectivity index (χ1n) is 5.35. The molecule has 0 aliphatic heterocycles. The van der Waals surface area contributed by atoms with Gasteiger partial charge < -0.3 is 10.1 Å². The SMILES string of the molecule is CN[C@H](COc1cccc(F)c1)C1CC1. The highest BCUT2D eigenvalue weighted by molar-refractivity contribution is 5.22. The van der Waals surface area contributed by atoms with Crippen LogP contribution < -0.4 is 10.1 Å². The topological polar surface area (TPSA) is 21.3 Å². The summed E-state index contributed by atoms with van der Waals surface area (Å²) in [6, 6.07) is 6.68. The van der Waals surface area contributed by atoms with Crippen LogP contribution in [0.4, 0.5) is 4.39 Å². The zero-order valence-corrected chi connectivity index (χ0v) is 8.87. The Hall–Kier alpha value is -1.09. The maximum atomic E-state index is 12.8. The minimum absolute atomic E-state index is 0.250. The van der Waals surface area contributed by atoms with Gasteiger partial charge in [0.1, 0.15) is 18.2 Å². The smallest absolute Gasteiger partial charge is 0.126 e. The van der Waals surface area contributed by atoms with E-state index >= 15 is 0 Å². The van der Waals surface area contributed by atoms with Crippen LogP contribution in [0, 0.1) is 11.7 Å². The van der Waals surface area contributed by atoms with E-state index in [9.17, 15) is 4.39 Å². The molecule has 1 fully saturated rings. The van der Waals surface area contributed by atoms with Gasteiger partial charge in [0.2, 0.25) is 0 Å². The molecule has 0 aromatic heterocycles. The Balaban J connectivity index is 1.86. The van der Waals surface area contributed by atoms with Crippen molar-refractivity contribution in [3.05, 3.63) is 30.1 Å². The fourth-order valence-corrected chi connectivity index (χ4v) is 1.70. The van der Waals surface area contributed by atoms with Gasteiger partial charge in [0.25, 0.3) is 0 Å². The second-order valence-electron chi connectivity index (χ2n) is 4.00. The largest absolute Gasteiger partial charge is 0.492 e. The van der Waals surface area contributed by atoms with Gasteiger partial charge >= 0.3 is 0 Å². The Morgan fingerprint density at radius 1 is 1.53 bits per heavy atom. The van der Waals surface area contributed by atoms with Crippen molar-refractivity contribution in [1.29, 1.82) is 0 Å². The molecule has 1 aromatic carbocycles. The molecule has 0 heterocycles. The van der Waals surface area contributed by atoms with Gasteiger partial charge in [0, 0.05) is 12.1 Å². The summed E-state index contributed by atoms with van der Waals surface area (Å²) in [5, 5.41) is 3.23. The first-order valence-corrected chi connectivity index (χ1v) is 5.35. The van der Waals surface area contributed by atoms with E-state index in [2.05, 4.69) is 5.32 Å². The lowest BCUT2D eigenvalue weighted by atomic mass is 10.2. The van der Waals surface area contributed by atoms with Crippen molar-refractivity contribution >= 4 is 0 Å². The molecule has 2 rings (SSSR count). The molecule has 1 aliphatic carbocycles. The summed E-state index contributed by atoms with van der Waals surface area (Å²) in [5.41, 5.74) is 0. The number of benzene rings is 1. The van der Waals surface area contributed by atoms with Crippen LogP contribution in [0.15, 0.2) is 24.3 Å². The number of nitrogens with one attached hydrogen (secondary N) is 1. The maximum absolute atomic E-state index is 12.8. The van der Waals surface area contributed by atoms with Gasteiger partial charge in [-0.3, -0.25) is 0 Å². The summed E-state index contributed by atoms with van der Waals surface area (Å²) in [7, 11) is 1.94. The van der Waals surface area contributed by atoms with E-state index in [0.717, 1.165) is 5.92 Å². The lowest BCUT2D eigenvalue weighted by Crippen LogP contribution is -2.33. The Bertz CT molecular complexity index is 325. The molecule has 0 spiro atoms. The molecule has 0 bridgehead atoms.